The van der Waals surface area contributed by atoms with E-state index in [0.29, 0.717) is 18.3 Å². The molecule has 0 aliphatic carbocycles. The fourth-order valence-electron chi connectivity index (χ4n) is 3.63. The Labute approximate surface area is 162 Å². The number of likely N-dealkylation sites (tertiary alicyclic amines) is 1. The maximum Gasteiger partial charge on any atom is 0.242 e. The van der Waals surface area contributed by atoms with Crippen LogP contribution in [0.2, 0.25) is 0 Å². The summed E-state index contributed by atoms with van der Waals surface area (Å²) in [6.07, 6.45) is 3.76. The van der Waals surface area contributed by atoms with Gasteiger partial charge in [0.15, 0.2) is 5.82 Å². The zero-order chi connectivity index (χ0) is 18.8. The van der Waals surface area contributed by atoms with Crippen LogP contribution in [0.1, 0.15) is 36.3 Å². The summed E-state index contributed by atoms with van der Waals surface area (Å²) in [4.78, 5) is 23.9. The molecule has 0 unspecified atom stereocenters. The summed E-state index contributed by atoms with van der Waals surface area (Å²) < 4.78 is 7.35. The highest BCUT2D eigenvalue weighted by atomic mass is 32.2. The molecule has 1 fully saturated rings. The number of nitrogens with zero attached hydrogens (tertiary/aromatic N) is 5. The number of aromatic nitrogens is 4. The summed E-state index contributed by atoms with van der Waals surface area (Å²) in [5.41, 5.74) is 1.96. The van der Waals surface area contributed by atoms with Crippen LogP contribution in [0.4, 0.5) is 0 Å². The lowest BCUT2D eigenvalue weighted by Gasteiger charge is -2.30. The number of fused-ring (bicyclic) bond motifs is 1. The summed E-state index contributed by atoms with van der Waals surface area (Å²) in [7, 11) is 0. The maximum atomic E-state index is 12.9. The van der Waals surface area contributed by atoms with Crippen molar-refractivity contribution in [1.29, 1.82) is 0 Å². The van der Waals surface area contributed by atoms with Crippen LogP contribution in [0, 0.1) is 6.92 Å². The molecule has 1 saturated heterocycles. The number of hydrogen-bond donors (Lipinski definition) is 0. The van der Waals surface area contributed by atoms with E-state index in [4.69, 9.17) is 9.51 Å². The Balaban J connectivity index is 1.45. The number of aryl methyl sites for hydroxylation is 1. The van der Waals surface area contributed by atoms with Gasteiger partial charge in [0, 0.05) is 19.0 Å². The Morgan fingerprint density at radius 2 is 2.04 bits per heavy atom. The van der Waals surface area contributed by atoms with Gasteiger partial charge in [-0.2, -0.15) is 16.7 Å². The third-order valence-electron chi connectivity index (χ3n) is 5.04. The van der Waals surface area contributed by atoms with E-state index in [1.54, 1.807) is 11.8 Å². The predicted octanol–water partition coefficient (Wildman–Crippen LogP) is 3.00. The molecule has 0 atom stereocenters. The van der Waals surface area contributed by atoms with E-state index in [-0.39, 0.29) is 11.8 Å². The maximum absolute atomic E-state index is 12.9. The minimum atomic E-state index is 0.140. The van der Waals surface area contributed by atoms with Gasteiger partial charge in [0.05, 0.1) is 16.8 Å². The lowest BCUT2D eigenvalue weighted by atomic mass is 9.97. The number of carbonyl (C=O) groups excluding carboxylic acids is 1. The van der Waals surface area contributed by atoms with Gasteiger partial charge in [0.2, 0.25) is 11.8 Å². The zero-order valence-corrected chi connectivity index (χ0v) is 16.4. The van der Waals surface area contributed by atoms with Crippen molar-refractivity contribution in [2.75, 3.05) is 19.3 Å². The first-order valence-corrected chi connectivity index (χ1v) is 10.6. The molecular formula is C19H23N5O2S. The molecule has 3 aromatic rings. The van der Waals surface area contributed by atoms with Crippen molar-refractivity contribution >= 4 is 28.7 Å². The fraction of sp³-hybridized carbons (Fsp3) is 0.474. The van der Waals surface area contributed by atoms with Gasteiger partial charge in [0.1, 0.15) is 12.4 Å². The lowest BCUT2D eigenvalue weighted by molar-refractivity contribution is -0.132. The number of imidazole rings is 1. The van der Waals surface area contributed by atoms with Crippen molar-refractivity contribution in [1.82, 2.24) is 24.6 Å². The highest BCUT2D eigenvalue weighted by Gasteiger charge is 2.27. The standard InChI is InChI=1S/C19H23N5O2S/c1-13-20-19(26-22-13)14-7-9-23(10-8-14)18(25)11-24-16-6-4-3-5-15(16)21-17(24)12-27-2/h3-6,14H,7-12H2,1-2H3. The van der Waals surface area contributed by atoms with Crippen molar-refractivity contribution in [3.8, 4) is 0 Å². The molecular weight excluding hydrogens is 362 g/mol. The van der Waals surface area contributed by atoms with E-state index < -0.39 is 0 Å². The third-order valence-corrected chi connectivity index (χ3v) is 5.59. The highest BCUT2D eigenvalue weighted by Crippen LogP contribution is 2.27. The molecule has 7 nitrogen and oxygen atoms in total. The van der Waals surface area contributed by atoms with Crippen LogP contribution in [0.5, 0.6) is 0 Å². The molecule has 0 spiro atoms. The minimum Gasteiger partial charge on any atom is -0.341 e. The smallest absolute Gasteiger partial charge is 0.242 e. The Kier molecular flexibility index (Phi) is 5.15. The van der Waals surface area contributed by atoms with E-state index in [9.17, 15) is 4.79 Å². The SMILES string of the molecule is CSCc1nc2ccccc2n1CC(=O)N1CCC(c2nc(C)no2)CC1. The van der Waals surface area contributed by atoms with E-state index in [1.807, 2.05) is 36.1 Å². The summed E-state index contributed by atoms with van der Waals surface area (Å²) in [5.74, 6) is 3.49. The fourth-order valence-corrected chi connectivity index (χ4v) is 4.11. The van der Waals surface area contributed by atoms with E-state index >= 15 is 0 Å². The quantitative estimate of drug-likeness (QED) is 0.672. The molecule has 2 aromatic heterocycles. The van der Waals surface area contributed by atoms with Crippen LogP contribution in [-0.2, 0) is 17.1 Å². The number of hydrogen-bond acceptors (Lipinski definition) is 6. The first-order chi connectivity index (χ1) is 13.2. The zero-order valence-electron chi connectivity index (χ0n) is 15.6. The van der Waals surface area contributed by atoms with Crippen molar-refractivity contribution in [3.63, 3.8) is 0 Å². The average Bonchev–Trinajstić information content (AvgIpc) is 3.26. The number of amides is 1. The summed E-state index contributed by atoms with van der Waals surface area (Å²) in [6.45, 7) is 3.60. The minimum absolute atomic E-state index is 0.140. The number of benzene rings is 1. The topological polar surface area (TPSA) is 77.1 Å². The van der Waals surface area contributed by atoms with Crippen molar-refractivity contribution in [2.24, 2.45) is 0 Å². The summed E-state index contributed by atoms with van der Waals surface area (Å²) in [5, 5.41) is 3.87. The number of para-hydroxylation sites is 2. The predicted molar refractivity (Wildman–Crippen MR) is 105 cm³/mol. The average molecular weight is 385 g/mol. The van der Waals surface area contributed by atoms with Gasteiger partial charge in [-0.15, -0.1) is 0 Å². The van der Waals surface area contributed by atoms with Gasteiger partial charge >= 0.3 is 0 Å². The lowest BCUT2D eigenvalue weighted by Crippen LogP contribution is -2.40. The molecule has 1 aliphatic rings. The second kappa shape index (κ2) is 7.72. The largest absolute Gasteiger partial charge is 0.341 e. The van der Waals surface area contributed by atoms with Crippen LogP contribution in [-0.4, -0.2) is 49.8 Å². The summed E-state index contributed by atoms with van der Waals surface area (Å²) in [6, 6.07) is 8.00. The number of carbonyl (C=O) groups is 1. The Morgan fingerprint density at radius 3 is 2.74 bits per heavy atom. The molecule has 8 heteroatoms. The molecule has 1 amide bonds. The molecule has 142 valence electrons. The van der Waals surface area contributed by atoms with Gasteiger partial charge in [-0.05, 0) is 38.2 Å². The van der Waals surface area contributed by atoms with E-state index in [1.165, 1.54) is 0 Å². The Hall–Kier alpha value is -2.35. The molecule has 0 saturated carbocycles. The van der Waals surface area contributed by atoms with Crippen molar-refractivity contribution < 1.29 is 9.32 Å². The van der Waals surface area contributed by atoms with Crippen molar-refractivity contribution in [2.45, 2.75) is 38.0 Å². The number of piperidine rings is 1. The molecule has 0 radical (unpaired) electrons. The van der Waals surface area contributed by atoms with Gasteiger partial charge in [0.25, 0.3) is 0 Å². The first kappa shape index (κ1) is 18.0. The second-order valence-corrected chi connectivity index (χ2v) is 7.74. The van der Waals surface area contributed by atoms with Gasteiger partial charge in [-0.3, -0.25) is 4.79 Å². The van der Waals surface area contributed by atoms with Crippen LogP contribution in [0.25, 0.3) is 11.0 Å². The molecule has 0 N–H and O–H groups in total. The van der Waals surface area contributed by atoms with Crippen LogP contribution in [0.3, 0.4) is 0 Å². The van der Waals surface area contributed by atoms with Gasteiger partial charge in [-0.1, -0.05) is 17.3 Å². The molecule has 3 heterocycles. The summed E-state index contributed by atoms with van der Waals surface area (Å²) >= 11 is 1.72. The Bertz CT molecular complexity index is 943. The van der Waals surface area contributed by atoms with Crippen LogP contribution >= 0.6 is 11.8 Å². The molecule has 27 heavy (non-hydrogen) atoms. The normalized spacial score (nSPS) is 15.6. The highest BCUT2D eigenvalue weighted by molar-refractivity contribution is 7.97. The van der Waals surface area contributed by atoms with E-state index in [2.05, 4.69) is 21.0 Å². The van der Waals surface area contributed by atoms with Crippen LogP contribution in [0.15, 0.2) is 28.8 Å². The Morgan fingerprint density at radius 1 is 1.26 bits per heavy atom. The number of rotatable bonds is 5. The first-order valence-electron chi connectivity index (χ1n) is 9.16. The molecule has 4 rings (SSSR count). The number of thioether (sulfide) groups is 1. The molecule has 0 bridgehead atoms. The van der Waals surface area contributed by atoms with Gasteiger partial charge in [-0.25, -0.2) is 4.98 Å². The molecule has 1 aromatic carbocycles. The molecule has 1 aliphatic heterocycles. The van der Waals surface area contributed by atoms with Gasteiger partial charge < -0.3 is 14.0 Å². The second-order valence-electron chi connectivity index (χ2n) is 6.87. The van der Waals surface area contributed by atoms with Crippen LogP contribution < -0.4 is 0 Å². The third kappa shape index (κ3) is 3.71. The van der Waals surface area contributed by atoms with E-state index in [0.717, 1.165) is 48.5 Å². The van der Waals surface area contributed by atoms with Crippen molar-refractivity contribution in [3.05, 3.63) is 41.8 Å². The monoisotopic (exact) mass is 385 g/mol.